The molecule has 4 rings (SSSR count). The average molecular weight is 445 g/mol. The van der Waals surface area contributed by atoms with Crippen LogP contribution in [0.3, 0.4) is 0 Å². The number of likely N-dealkylation sites (tertiary alicyclic amines) is 1. The first-order chi connectivity index (χ1) is 15.9. The molecule has 1 amide bonds. The number of benzene rings is 2. The first-order valence-corrected chi connectivity index (χ1v) is 10.9. The number of hydrogen-bond acceptors (Lipinski definition) is 6. The van der Waals surface area contributed by atoms with Crippen molar-refractivity contribution in [1.82, 2.24) is 9.88 Å². The summed E-state index contributed by atoms with van der Waals surface area (Å²) in [4.78, 5) is 19.1. The second-order valence-electron chi connectivity index (χ2n) is 8.09. The molecule has 3 aromatic rings. The molecule has 0 bridgehead atoms. The predicted molar refractivity (Wildman–Crippen MR) is 130 cm³/mol. The molecule has 2 heterocycles. The Bertz CT molecular complexity index is 1220. The summed E-state index contributed by atoms with van der Waals surface area (Å²) >= 11 is 0. The zero-order chi connectivity index (χ0) is 23.5. The zero-order valence-electron chi connectivity index (χ0n) is 18.8. The lowest BCUT2D eigenvalue weighted by Gasteiger charge is -2.18. The highest BCUT2D eigenvalue weighted by molar-refractivity contribution is 5.98. The molecule has 1 aliphatic rings. The van der Waals surface area contributed by atoms with Crippen molar-refractivity contribution in [3.63, 3.8) is 0 Å². The quantitative estimate of drug-likeness (QED) is 0.553. The summed E-state index contributed by atoms with van der Waals surface area (Å²) in [5.41, 5.74) is 16.5. The highest BCUT2D eigenvalue weighted by Gasteiger charge is 2.26. The summed E-state index contributed by atoms with van der Waals surface area (Å²) in [5, 5.41) is 10.4. The average Bonchev–Trinajstić information content (AvgIpc) is 3.27. The first-order valence-electron chi connectivity index (χ1n) is 10.9. The number of amides is 1. The van der Waals surface area contributed by atoms with Crippen molar-refractivity contribution >= 4 is 17.3 Å². The molecule has 1 aliphatic heterocycles. The van der Waals surface area contributed by atoms with E-state index in [1.54, 1.807) is 30.3 Å². The van der Waals surface area contributed by atoms with Gasteiger partial charge in [-0.25, -0.2) is 4.98 Å². The fourth-order valence-electron chi connectivity index (χ4n) is 4.20. The number of carbonyl (C=O) groups excluding carboxylic acids is 1. The Morgan fingerprint density at radius 3 is 2.61 bits per heavy atom. The minimum Gasteiger partial charge on any atom is -0.507 e. The van der Waals surface area contributed by atoms with Gasteiger partial charge in [-0.1, -0.05) is 30.3 Å². The van der Waals surface area contributed by atoms with Gasteiger partial charge in [0.2, 0.25) is 0 Å². The van der Waals surface area contributed by atoms with Crippen LogP contribution < -0.4 is 16.2 Å². The molecule has 7 heteroatoms. The van der Waals surface area contributed by atoms with Gasteiger partial charge < -0.3 is 26.2 Å². The van der Waals surface area contributed by atoms with Crippen LogP contribution in [0.15, 0.2) is 60.8 Å². The Labute approximate surface area is 193 Å². The lowest BCUT2D eigenvalue weighted by Crippen LogP contribution is -2.31. The number of pyridine rings is 1. The fraction of sp³-hybridized carbons (Fsp3) is 0.231. The van der Waals surface area contributed by atoms with E-state index in [-0.39, 0.29) is 23.3 Å². The summed E-state index contributed by atoms with van der Waals surface area (Å²) in [7, 11) is 1.63. The standard InChI is InChI=1S/C26H28N4O3/c1-3-19(20-6-4-5-7-24(20)33-2)21-13-17(14-29-25(21)28)16-8-9-23(31)22(12-16)26(32)30-11-10-18(27)15-30/h3-9,12-14,18,31H,10-11,15,27H2,1-2H3,(H2,28,29)/b19-3-. The van der Waals surface area contributed by atoms with Crippen LogP contribution >= 0.6 is 0 Å². The lowest BCUT2D eigenvalue weighted by atomic mass is 9.94. The Kier molecular flexibility index (Phi) is 6.33. The second-order valence-corrected chi connectivity index (χ2v) is 8.09. The third kappa shape index (κ3) is 4.40. The smallest absolute Gasteiger partial charge is 0.257 e. The number of methoxy groups -OCH3 is 1. The number of nitrogens with two attached hydrogens (primary N) is 2. The molecule has 170 valence electrons. The van der Waals surface area contributed by atoms with Crippen LogP contribution in [-0.2, 0) is 0 Å². The Hall–Kier alpha value is -3.84. The number of para-hydroxylation sites is 1. The fourth-order valence-corrected chi connectivity index (χ4v) is 4.20. The number of nitrogens with zero attached hydrogens (tertiary/aromatic N) is 2. The highest BCUT2D eigenvalue weighted by Crippen LogP contribution is 2.36. The van der Waals surface area contributed by atoms with Crippen LogP contribution in [0.5, 0.6) is 11.5 Å². The number of phenols is 1. The first kappa shape index (κ1) is 22.4. The third-order valence-corrected chi connectivity index (χ3v) is 5.97. The molecule has 0 saturated carbocycles. The highest BCUT2D eigenvalue weighted by atomic mass is 16.5. The normalized spacial score (nSPS) is 16.2. The van der Waals surface area contributed by atoms with Crippen LogP contribution in [0.4, 0.5) is 5.82 Å². The molecule has 0 aliphatic carbocycles. The topological polar surface area (TPSA) is 115 Å². The van der Waals surface area contributed by atoms with E-state index in [1.807, 2.05) is 43.3 Å². The molecule has 1 atom stereocenters. The maximum Gasteiger partial charge on any atom is 0.257 e. The summed E-state index contributed by atoms with van der Waals surface area (Å²) in [6, 6.07) is 14.6. The molecule has 1 saturated heterocycles. The van der Waals surface area contributed by atoms with Gasteiger partial charge in [0.25, 0.3) is 5.91 Å². The molecule has 5 N–H and O–H groups in total. The van der Waals surface area contributed by atoms with Gasteiger partial charge in [-0.05, 0) is 48.7 Å². The Balaban J connectivity index is 1.74. The van der Waals surface area contributed by atoms with E-state index >= 15 is 0 Å². The van der Waals surface area contributed by atoms with Crippen molar-refractivity contribution in [2.45, 2.75) is 19.4 Å². The van der Waals surface area contributed by atoms with Crippen molar-refractivity contribution in [3.05, 3.63) is 77.5 Å². The number of ether oxygens (including phenoxy) is 1. The minimum atomic E-state index is -0.228. The summed E-state index contributed by atoms with van der Waals surface area (Å²) < 4.78 is 5.54. The number of nitrogen functional groups attached to an aromatic ring is 1. The van der Waals surface area contributed by atoms with Crippen molar-refractivity contribution in [3.8, 4) is 22.6 Å². The van der Waals surface area contributed by atoms with Crippen LogP contribution in [0.1, 0.15) is 34.8 Å². The van der Waals surface area contributed by atoms with E-state index in [2.05, 4.69) is 4.98 Å². The largest absolute Gasteiger partial charge is 0.507 e. The number of anilines is 1. The van der Waals surface area contributed by atoms with Gasteiger partial charge in [0.15, 0.2) is 0 Å². The third-order valence-electron chi connectivity index (χ3n) is 5.97. The van der Waals surface area contributed by atoms with Crippen LogP contribution in [0.2, 0.25) is 0 Å². The second kappa shape index (κ2) is 9.34. The van der Waals surface area contributed by atoms with Gasteiger partial charge in [0, 0.05) is 42.0 Å². The van der Waals surface area contributed by atoms with Gasteiger partial charge in [0.05, 0.1) is 12.7 Å². The number of rotatable bonds is 5. The van der Waals surface area contributed by atoms with Crippen LogP contribution in [0, 0.1) is 0 Å². The number of aromatic hydroxyl groups is 1. The number of carbonyl (C=O) groups is 1. The zero-order valence-corrected chi connectivity index (χ0v) is 18.8. The van der Waals surface area contributed by atoms with Crippen molar-refractivity contribution in [1.29, 1.82) is 0 Å². The summed E-state index contributed by atoms with van der Waals surface area (Å²) in [5.74, 6) is 0.834. The maximum absolute atomic E-state index is 13.0. The van der Waals surface area contributed by atoms with Gasteiger partial charge in [-0.2, -0.15) is 0 Å². The molecule has 1 unspecified atom stereocenters. The van der Waals surface area contributed by atoms with E-state index in [4.69, 9.17) is 16.2 Å². The van der Waals surface area contributed by atoms with E-state index in [1.165, 1.54) is 6.07 Å². The van der Waals surface area contributed by atoms with E-state index in [9.17, 15) is 9.90 Å². The molecular weight excluding hydrogens is 416 g/mol. The van der Waals surface area contributed by atoms with Crippen molar-refractivity contribution < 1.29 is 14.6 Å². The SMILES string of the molecule is C/C=C(/c1ccccc1OC)c1cc(-c2ccc(O)c(C(=O)N3CCC(N)C3)c2)cnc1N. The monoisotopic (exact) mass is 444 g/mol. The Morgan fingerprint density at radius 1 is 1.15 bits per heavy atom. The molecule has 2 aromatic carbocycles. The minimum absolute atomic E-state index is 0.0302. The Morgan fingerprint density at radius 2 is 1.91 bits per heavy atom. The molecule has 0 radical (unpaired) electrons. The predicted octanol–water partition coefficient (Wildman–Crippen LogP) is 3.67. The number of hydrogen-bond donors (Lipinski definition) is 3. The van der Waals surface area contributed by atoms with Gasteiger partial charge >= 0.3 is 0 Å². The van der Waals surface area contributed by atoms with E-state index in [0.717, 1.165) is 40.0 Å². The van der Waals surface area contributed by atoms with Crippen molar-refractivity contribution in [2.75, 3.05) is 25.9 Å². The van der Waals surface area contributed by atoms with E-state index < -0.39 is 0 Å². The van der Waals surface area contributed by atoms with Gasteiger partial charge in [0.1, 0.15) is 17.3 Å². The summed E-state index contributed by atoms with van der Waals surface area (Å²) in [6.07, 6.45) is 4.39. The van der Waals surface area contributed by atoms with Crippen LogP contribution in [0.25, 0.3) is 16.7 Å². The summed E-state index contributed by atoms with van der Waals surface area (Å²) in [6.45, 7) is 3.01. The number of allylic oxidation sites excluding steroid dienone is 1. The van der Waals surface area contributed by atoms with Gasteiger partial charge in [-0.3, -0.25) is 4.79 Å². The molecule has 1 aromatic heterocycles. The number of phenolic OH excluding ortho intramolecular Hbond substituents is 1. The van der Waals surface area contributed by atoms with Gasteiger partial charge in [-0.15, -0.1) is 0 Å². The van der Waals surface area contributed by atoms with Crippen molar-refractivity contribution in [2.24, 2.45) is 5.73 Å². The lowest BCUT2D eigenvalue weighted by molar-refractivity contribution is 0.0788. The molecule has 1 fully saturated rings. The molecule has 7 nitrogen and oxygen atoms in total. The van der Waals surface area contributed by atoms with E-state index in [0.29, 0.717) is 18.9 Å². The molecule has 33 heavy (non-hydrogen) atoms. The van der Waals surface area contributed by atoms with Crippen LogP contribution in [-0.4, -0.2) is 47.1 Å². The maximum atomic E-state index is 13.0. The molecular formula is C26H28N4O3. The molecule has 0 spiro atoms. The number of aromatic nitrogens is 1.